The summed E-state index contributed by atoms with van der Waals surface area (Å²) >= 11 is 0. The number of Topliss-reactive ketones (excluding diaryl/α,β-unsaturated/α-hetero) is 2. The van der Waals surface area contributed by atoms with Crippen LogP contribution in [-0.2, 0) is 5.41 Å². The fourth-order valence-corrected chi connectivity index (χ4v) is 2.53. The quantitative estimate of drug-likeness (QED) is 0.722. The van der Waals surface area contributed by atoms with Gasteiger partial charge >= 0.3 is 0 Å². The summed E-state index contributed by atoms with van der Waals surface area (Å²) in [4.78, 5) is 24.7. The van der Waals surface area contributed by atoms with E-state index in [1.54, 1.807) is 12.1 Å². The van der Waals surface area contributed by atoms with Crippen LogP contribution < -0.4 is 0 Å². The second-order valence-electron chi connectivity index (χ2n) is 7.09. The molecule has 1 unspecified atom stereocenters. The lowest BCUT2D eigenvalue weighted by atomic mass is 9.86. The lowest BCUT2D eigenvalue weighted by molar-refractivity contribution is 0.0863. The molecular formula is C21H24O2. The van der Waals surface area contributed by atoms with Crippen LogP contribution >= 0.6 is 0 Å². The number of rotatable bonds is 5. The SMILES string of the molecule is CC(CC(=O)c1ccc(C(C)(C)C)cc1)C(=O)c1ccccc1. The van der Waals surface area contributed by atoms with Gasteiger partial charge in [-0.05, 0) is 11.0 Å². The van der Waals surface area contributed by atoms with Gasteiger partial charge in [0.05, 0.1) is 0 Å². The van der Waals surface area contributed by atoms with Crippen LogP contribution in [0, 0.1) is 5.92 Å². The molecule has 0 heterocycles. The van der Waals surface area contributed by atoms with Crippen molar-refractivity contribution >= 4 is 11.6 Å². The van der Waals surface area contributed by atoms with Gasteiger partial charge < -0.3 is 0 Å². The summed E-state index contributed by atoms with van der Waals surface area (Å²) in [5.41, 5.74) is 2.60. The molecule has 0 spiro atoms. The summed E-state index contributed by atoms with van der Waals surface area (Å²) in [5, 5.41) is 0. The van der Waals surface area contributed by atoms with E-state index in [0.29, 0.717) is 11.1 Å². The Kier molecular flexibility index (Phi) is 5.15. The van der Waals surface area contributed by atoms with E-state index in [4.69, 9.17) is 0 Å². The number of carbonyl (C=O) groups is 2. The molecule has 1 atom stereocenters. The van der Waals surface area contributed by atoms with Crippen molar-refractivity contribution in [3.63, 3.8) is 0 Å². The highest BCUT2D eigenvalue weighted by atomic mass is 16.1. The smallest absolute Gasteiger partial charge is 0.166 e. The zero-order chi connectivity index (χ0) is 17.0. The average Bonchev–Trinajstić information content (AvgIpc) is 2.54. The van der Waals surface area contributed by atoms with E-state index in [0.717, 1.165) is 0 Å². The molecule has 2 heteroatoms. The maximum absolute atomic E-state index is 12.4. The normalized spacial score (nSPS) is 12.7. The molecule has 2 aromatic carbocycles. The van der Waals surface area contributed by atoms with Gasteiger partial charge in [0.1, 0.15) is 0 Å². The van der Waals surface area contributed by atoms with Crippen LogP contribution in [0.3, 0.4) is 0 Å². The first-order chi connectivity index (χ1) is 10.8. The third-order valence-electron chi connectivity index (χ3n) is 4.07. The largest absolute Gasteiger partial charge is 0.294 e. The molecule has 0 amide bonds. The van der Waals surface area contributed by atoms with Gasteiger partial charge in [-0.15, -0.1) is 0 Å². The molecule has 0 radical (unpaired) electrons. The van der Waals surface area contributed by atoms with Crippen LogP contribution in [0.2, 0.25) is 0 Å². The maximum atomic E-state index is 12.4. The van der Waals surface area contributed by atoms with E-state index in [1.165, 1.54) is 5.56 Å². The molecule has 0 aliphatic carbocycles. The van der Waals surface area contributed by atoms with Gasteiger partial charge in [0, 0.05) is 23.5 Å². The lowest BCUT2D eigenvalue weighted by Gasteiger charge is -2.19. The van der Waals surface area contributed by atoms with Crippen LogP contribution in [0.25, 0.3) is 0 Å². The van der Waals surface area contributed by atoms with Crippen molar-refractivity contribution in [1.82, 2.24) is 0 Å². The van der Waals surface area contributed by atoms with Crippen LogP contribution in [0.5, 0.6) is 0 Å². The Labute approximate surface area is 138 Å². The summed E-state index contributed by atoms with van der Waals surface area (Å²) in [5.74, 6) is -0.278. The van der Waals surface area contributed by atoms with Gasteiger partial charge in [0.15, 0.2) is 11.6 Å². The van der Waals surface area contributed by atoms with Gasteiger partial charge in [-0.3, -0.25) is 9.59 Å². The topological polar surface area (TPSA) is 34.1 Å². The molecule has 2 aromatic rings. The Bertz CT molecular complexity index is 676. The molecule has 2 nitrogen and oxygen atoms in total. The van der Waals surface area contributed by atoms with Crippen molar-refractivity contribution in [3.05, 3.63) is 71.3 Å². The highest BCUT2D eigenvalue weighted by molar-refractivity contribution is 6.03. The predicted octanol–water partition coefficient (Wildman–Crippen LogP) is 5.08. The second-order valence-corrected chi connectivity index (χ2v) is 7.09. The van der Waals surface area contributed by atoms with Gasteiger partial charge in [-0.1, -0.05) is 82.3 Å². The van der Waals surface area contributed by atoms with Crippen molar-refractivity contribution in [2.45, 2.75) is 39.5 Å². The molecule has 0 saturated heterocycles. The molecule has 0 aliphatic rings. The maximum Gasteiger partial charge on any atom is 0.166 e. The van der Waals surface area contributed by atoms with E-state index in [1.807, 2.05) is 49.4 Å². The van der Waals surface area contributed by atoms with Gasteiger partial charge in [0.2, 0.25) is 0 Å². The first-order valence-electron chi connectivity index (χ1n) is 8.02. The summed E-state index contributed by atoms with van der Waals surface area (Å²) in [6.07, 6.45) is 0.239. The van der Waals surface area contributed by atoms with Crippen LogP contribution in [0.4, 0.5) is 0 Å². The first kappa shape index (κ1) is 17.1. The first-order valence-corrected chi connectivity index (χ1v) is 8.02. The summed E-state index contributed by atoms with van der Waals surface area (Å²) in [6.45, 7) is 8.25. The van der Waals surface area contributed by atoms with Crippen LogP contribution in [-0.4, -0.2) is 11.6 Å². The monoisotopic (exact) mass is 308 g/mol. The number of benzene rings is 2. The van der Waals surface area contributed by atoms with Crippen LogP contribution in [0.15, 0.2) is 54.6 Å². The van der Waals surface area contributed by atoms with E-state index in [9.17, 15) is 9.59 Å². The van der Waals surface area contributed by atoms with Crippen molar-refractivity contribution in [1.29, 1.82) is 0 Å². The highest BCUT2D eigenvalue weighted by Gasteiger charge is 2.20. The number of hydrogen-bond donors (Lipinski definition) is 0. The Balaban J connectivity index is 2.05. The fourth-order valence-electron chi connectivity index (χ4n) is 2.53. The van der Waals surface area contributed by atoms with Gasteiger partial charge in [-0.25, -0.2) is 0 Å². The molecule has 0 fully saturated rings. The summed E-state index contributed by atoms with van der Waals surface area (Å²) < 4.78 is 0. The molecule has 23 heavy (non-hydrogen) atoms. The molecule has 0 N–H and O–H groups in total. The number of carbonyl (C=O) groups excluding carboxylic acids is 2. The third kappa shape index (κ3) is 4.38. The number of ketones is 2. The van der Waals surface area contributed by atoms with E-state index >= 15 is 0 Å². The number of hydrogen-bond acceptors (Lipinski definition) is 2. The van der Waals surface area contributed by atoms with Crippen LogP contribution in [0.1, 0.15) is 60.4 Å². The molecule has 0 bridgehead atoms. The Morgan fingerprint density at radius 1 is 0.870 bits per heavy atom. The Morgan fingerprint density at radius 3 is 1.96 bits per heavy atom. The molecule has 0 aromatic heterocycles. The molecule has 120 valence electrons. The molecule has 0 saturated carbocycles. The van der Waals surface area contributed by atoms with E-state index in [2.05, 4.69) is 20.8 Å². The van der Waals surface area contributed by atoms with Crippen molar-refractivity contribution in [2.75, 3.05) is 0 Å². The zero-order valence-corrected chi connectivity index (χ0v) is 14.3. The molecule has 2 rings (SSSR count). The van der Waals surface area contributed by atoms with Gasteiger partial charge in [-0.2, -0.15) is 0 Å². The predicted molar refractivity (Wildman–Crippen MR) is 94.0 cm³/mol. The van der Waals surface area contributed by atoms with Crippen molar-refractivity contribution in [3.8, 4) is 0 Å². The minimum atomic E-state index is -0.313. The summed E-state index contributed by atoms with van der Waals surface area (Å²) in [6, 6.07) is 16.9. The minimum Gasteiger partial charge on any atom is -0.294 e. The molecular weight excluding hydrogens is 284 g/mol. The highest BCUT2D eigenvalue weighted by Crippen LogP contribution is 2.23. The molecule has 0 aliphatic heterocycles. The zero-order valence-electron chi connectivity index (χ0n) is 14.3. The average molecular weight is 308 g/mol. The van der Waals surface area contributed by atoms with Crippen molar-refractivity contribution < 1.29 is 9.59 Å². The van der Waals surface area contributed by atoms with E-state index in [-0.39, 0.29) is 29.3 Å². The van der Waals surface area contributed by atoms with Gasteiger partial charge in [0.25, 0.3) is 0 Å². The van der Waals surface area contributed by atoms with E-state index < -0.39 is 0 Å². The Morgan fingerprint density at radius 2 is 1.43 bits per heavy atom. The third-order valence-corrected chi connectivity index (χ3v) is 4.07. The minimum absolute atomic E-state index is 0.0160. The van der Waals surface area contributed by atoms with Crippen molar-refractivity contribution in [2.24, 2.45) is 5.92 Å². The fraction of sp³-hybridized carbons (Fsp3) is 0.333. The lowest BCUT2D eigenvalue weighted by Crippen LogP contribution is -2.16. The Hall–Kier alpha value is -2.22. The second kappa shape index (κ2) is 6.91. The standard InChI is InChI=1S/C21H24O2/c1-15(20(23)17-8-6-5-7-9-17)14-19(22)16-10-12-18(13-11-16)21(2,3)4/h5-13,15H,14H2,1-4H3. The summed E-state index contributed by atoms with van der Waals surface area (Å²) in [7, 11) is 0.